The van der Waals surface area contributed by atoms with Crippen LogP contribution in [0.4, 0.5) is 13.2 Å². The molecule has 140 valence electrons. The van der Waals surface area contributed by atoms with Crippen LogP contribution < -0.4 is 10.2 Å². The fourth-order valence-electron chi connectivity index (χ4n) is 2.53. The van der Waals surface area contributed by atoms with Crippen LogP contribution in [0, 0.1) is 0 Å². The van der Waals surface area contributed by atoms with E-state index in [0.29, 0.717) is 11.3 Å². The Labute approximate surface area is 152 Å². The second-order valence-corrected chi connectivity index (χ2v) is 5.58. The number of methoxy groups -OCH3 is 1. The summed E-state index contributed by atoms with van der Waals surface area (Å²) in [4.78, 5) is 15.7. The monoisotopic (exact) mass is 376 g/mol. The van der Waals surface area contributed by atoms with E-state index in [1.54, 1.807) is 36.4 Å². The number of imidazole rings is 1. The van der Waals surface area contributed by atoms with E-state index in [1.165, 1.54) is 25.5 Å². The Hall–Kier alpha value is -3.36. The van der Waals surface area contributed by atoms with Gasteiger partial charge in [0.05, 0.1) is 24.4 Å². The molecule has 2 aromatic carbocycles. The third kappa shape index (κ3) is 4.25. The van der Waals surface area contributed by atoms with Gasteiger partial charge in [-0.1, -0.05) is 24.3 Å². The first-order chi connectivity index (χ1) is 12.9. The normalized spacial score (nSPS) is 11.9. The summed E-state index contributed by atoms with van der Waals surface area (Å²) in [6, 6.07) is 13.0. The zero-order valence-corrected chi connectivity index (χ0v) is 14.2. The number of hydrazone groups is 1. The quantitative estimate of drug-likeness (QED) is 0.549. The fraction of sp³-hybridized carbons (Fsp3) is 0.167. The number of amides is 1. The van der Waals surface area contributed by atoms with Gasteiger partial charge in [0, 0.05) is 0 Å². The van der Waals surface area contributed by atoms with Crippen molar-refractivity contribution < 1.29 is 22.7 Å². The number of alkyl halides is 3. The summed E-state index contributed by atoms with van der Waals surface area (Å²) in [6.07, 6.45) is -3.31. The van der Waals surface area contributed by atoms with Crippen molar-refractivity contribution in [1.82, 2.24) is 15.0 Å². The molecular formula is C18H15F3N4O2. The van der Waals surface area contributed by atoms with E-state index in [-0.39, 0.29) is 11.0 Å². The molecule has 3 aromatic rings. The Balaban J connectivity index is 1.77. The number of benzene rings is 2. The van der Waals surface area contributed by atoms with Crippen molar-refractivity contribution in [2.45, 2.75) is 12.7 Å². The van der Waals surface area contributed by atoms with Gasteiger partial charge in [-0.05, 0) is 29.8 Å². The number of carbonyl (C=O) groups excluding carboxylic acids is 1. The van der Waals surface area contributed by atoms with Crippen molar-refractivity contribution in [2.24, 2.45) is 5.10 Å². The molecule has 0 saturated carbocycles. The van der Waals surface area contributed by atoms with Gasteiger partial charge in [-0.2, -0.15) is 18.3 Å². The van der Waals surface area contributed by atoms with E-state index in [9.17, 15) is 18.0 Å². The Bertz CT molecular complexity index is 996. The summed E-state index contributed by atoms with van der Waals surface area (Å²) in [5.41, 5.74) is 3.27. The van der Waals surface area contributed by atoms with Gasteiger partial charge in [-0.25, -0.2) is 10.4 Å². The van der Waals surface area contributed by atoms with Crippen LogP contribution in [0.3, 0.4) is 0 Å². The molecule has 3 rings (SSSR count). The van der Waals surface area contributed by atoms with Crippen LogP contribution in [0.5, 0.6) is 5.75 Å². The number of rotatable bonds is 5. The minimum atomic E-state index is -4.68. The number of para-hydroxylation sites is 2. The minimum absolute atomic E-state index is 0.164. The number of hydrogen-bond donors (Lipinski definition) is 1. The zero-order valence-electron chi connectivity index (χ0n) is 14.2. The number of ether oxygens (including phenoxy) is 1. The van der Waals surface area contributed by atoms with Crippen LogP contribution in [0.1, 0.15) is 11.4 Å². The number of hydrogen-bond acceptors (Lipinski definition) is 4. The van der Waals surface area contributed by atoms with Crippen LogP contribution >= 0.6 is 0 Å². The van der Waals surface area contributed by atoms with Crippen LogP contribution in [-0.4, -0.2) is 28.8 Å². The highest BCUT2D eigenvalue weighted by molar-refractivity contribution is 5.84. The maximum Gasteiger partial charge on any atom is 0.449 e. The van der Waals surface area contributed by atoms with E-state index in [2.05, 4.69) is 15.5 Å². The topological polar surface area (TPSA) is 68.5 Å². The number of aromatic nitrogens is 2. The molecule has 9 heteroatoms. The third-order valence-corrected chi connectivity index (χ3v) is 3.71. The molecule has 0 spiro atoms. The first kappa shape index (κ1) is 18.4. The van der Waals surface area contributed by atoms with Crippen molar-refractivity contribution in [3.8, 4) is 5.75 Å². The lowest BCUT2D eigenvalue weighted by molar-refractivity contribution is -0.147. The van der Waals surface area contributed by atoms with E-state index in [1.807, 2.05) is 0 Å². The van der Waals surface area contributed by atoms with Gasteiger partial charge in [-0.15, -0.1) is 0 Å². The number of halogens is 3. The summed E-state index contributed by atoms with van der Waals surface area (Å²) >= 11 is 0. The van der Waals surface area contributed by atoms with Gasteiger partial charge in [0.15, 0.2) is 0 Å². The first-order valence-corrected chi connectivity index (χ1v) is 7.87. The van der Waals surface area contributed by atoms with Crippen molar-refractivity contribution in [3.05, 3.63) is 59.9 Å². The highest BCUT2D eigenvalue weighted by atomic mass is 19.4. The highest BCUT2D eigenvalue weighted by Gasteiger charge is 2.37. The number of nitrogens with zero attached hydrogens (tertiary/aromatic N) is 3. The Morgan fingerprint density at radius 2 is 2.04 bits per heavy atom. The SMILES string of the molecule is COc1cccc(/C=N/NC(=O)Cn2c(C(F)(F)F)nc3ccccc32)c1. The molecule has 27 heavy (non-hydrogen) atoms. The summed E-state index contributed by atoms with van der Waals surface area (Å²) in [6.45, 7) is -0.565. The average molecular weight is 376 g/mol. The largest absolute Gasteiger partial charge is 0.497 e. The third-order valence-electron chi connectivity index (χ3n) is 3.71. The molecule has 1 heterocycles. The average Bonchev–Trinajstić information content (AvgIpc) is 3.01. The molecule has 1 N–H and O–H groups in total. The fourth-order valence-corrected chi connectivity index (χ4v) is 2.53. The first-order valence-electron chi connectivity index (χ1n) is 7.87. The van der Waals surface area contributed by atoms with Crippen LogP contribution in [-0.2, 0) is 17.5 Å². The molecule has 6 nitrogen and oxygen atoms in total. The molecule has 0 aliphatic rings. The summed E-state index contributed by atoms with van der Waals surface area (Å²) in [7, 11) is 1.52. The lowest BCUT2D eigenvalue weighted by Gasteiger charge is -2.10. The highest BCUT2D eigenvalue weighted by Crippen LogP contribution is 2.31. The predicted octanol–water partition coefficient (Wildman–Crippen LogP) is 3.21. The van der Waals surface area contributed by atoms with E-state index in [4.69, 9.17) is 4.74 Å². The second-order valence-electron chi connectivity index (χ2n) is 5.58. The lowest BCUT2D eigenvalue weighted by Crippen LogP contribution is -2.26. The smallest absolute Gasteiger partial charge is 0.449 e. The molecule has 0 atom stereocenters. The number of nitrogens with one attached hydrogen (secondary N) is 1. The van der Waals surface area contributed by atoms with Gasteiger partial charge >= 0.3 is 6.18 Å². The molecule has 0 fully saturated rings. The molecule has 0 aliphatic heterocycles. The molecule has 0 unspecified atom stereocenters. The zero-order chi connectivity index (χ0) is 19.4. The molecule has 0 bridgehead atoms. The predicted molar refractivity (Wildman–Crippen MR) is 93.5 cm³/mol. The summed E-state index contributed by atoms with van der Waals surface area (Å²) in [5.74, 6) is -1.22. The molecule has 1 amide bonds. The Morgan fingerprint density at radius 3 is 2.78 bits per heavy atom. The van der Waals surface area contributed by atoms with Gasteiger partial charge < -0.3 is 9.30 Å². The van der Waals surface area contributed by atoms with Crippen molar-refractivity contribution in [1.29, 1.82) is 0 Å². The van der Waals surface area contributed by atoms with Gasteiger partial charge in [0.25, 0.3) is 5.91 Å². The minimum Gasteiger partial charge on any atom is -0.497 e. The number of fused-ring (bicyclic) bond motifs is 1. The van der Waals surface area contributed by atoms with E-state index >= 15 is 0 Å². The van der Waals surface area contributed by atoms with Crippen LogP contribution in [0.15, 0.2) is 53.6 Å². The Morgan fingerprint density at radius 1 is 1.26 bits per heavy atom. The van der Waals surface area contributed by atoms with Gasteiger partial charge in [0.2, 0.25) is 5.82 Å². The van der Waals surface area contributed by atoms with Crippen molar-refractivity contribution >= 4 is 23.2 Å². The van der Waals surface area contributed by atoms with Gasteiger partial charge in [-0.3, -0.25) is 4.79 Å². The van der Waals surface area contributed by atoms with Crippen LogP contribution in [0.25, 0.3) is 11.0 Å². The van der Waals surface area contributed by atoms with Gasteiger partial charge in [0.1, 0.15) is 12.3 Å². The number of carbonyl (C=O) groups is 1. The molecular weight excluding hydrogens is 361 g/mol. The molecule has 0 saturated heterocycles. The summed E-state index contributed by atoms with van der Waals surface area (Å²) in [5, 5.41) is 3.77. The lowest BCUT2D eigenvalue weighted by atomic mass is 10.2. The van der Waals surface area contributed by atoms with E-state index < -0.39 is 24.5 Å². The maximum atomic E-state index is 13.2. The van der Waals surface area contributed by atoms with Crippen molar-refractivity contribution in [3.63, 3.8) is 0 Å². The second kappa shape index (κ2) is 7.48. The van der Waals surface area contributed by atoms with Crippen molar-refractivity contribution in [2.75, 3.05) is 7.11 Å². The summed E-state index contributed by atoms with van der Waals surface area (Å²) < 4.78 is 45.6. The van der Waals surface area contributed by atoms with Crippen LogP contribution in [0.2, 0.25) is 0 Å². The molecule has 0 aliphatic carbocycles. The van der Waals surface area contributed by atoms with E-state index in [0.717, 1.165) is 4.57 Å². The maximum absolute atomic E-state index is 13.2. The Kier molecular flexibility index (Phi) is 5.11. The molecule has 1 aromatic heterocycles. The molecule has 0 radical (unpaired) electrons. The standard InChI is InChI=1S/C18H15F3N4O2/c1-27-13-6-4-5-12(9-13)10-22-24-16(26)11-25-15-8-3-2-7-14(15)23-17(25)18(19,20)21/h2-10H,11H2,1H3,(H,24,26)/b22-10+.